The van der Waals surface area contributed by atoms with Crippen LogP contribution in [0, 0.1) is 0 Å². The summed E-state index contributed by atoms with van der Waals surface area (Å²) in [5.41, 5.74) is 0.176. The Balaban J connectivity index is 1.36. The second kappa shape index (κ2) is 12.4. The molecule has 0 bridgehead atoms. The van der Waals surface area contributed by atoms with Crippen molar-refractivity contribution in [3.8, 4) is 0 Å². The SMILES string of the molecule is C=CCCCNc1ccc(SN2CCN(c3cc(C(F)(F)c4cnc(C=O)cn4)cc(Cl)n3)CC2)cc1. The molecule has 1 aromatic carbocycles. The molecule has 0 atom stereocenters. The van der Waals surface area contributed by atoms with Crippen LogP contribution in [0.25, 0.3) is 0 Å². The van der Waals surface area contributed by atoms with Crippen LogP contribution in [0.2, 0.25) is 5.15 Å². The van der Waals surface area contributed by atoms with Gasteiger partial charge in [-0.3, -0.25) is 9.78 Å². The molecule has 194 valence electrons. The molecule has 0 spiro atoms. The number of anilines is 2. The van der Waals surface area contributed by atoms with Gasteiger partial charge in [0.25, 0.3) is 0 Å². The lowest BCUT2D eigenvalue weighted by molar-refractivity contribution is 0.0374. The topological polar surface area (TPSA) is 74.2 Å². The monoisotopic (exact) mass is 544 g/mol. The van der Waals surface area contributed by atoms with Crippen molar-refractivity contribution >= 4 is 41.3 Å². The van der Waals surface area contributed by atoms with Crippen LogP contribution in [-0.4, -0.2) is 58.3 Å². The van der Waals surface area contributed by atoms with Gasteiger partial charge in [-0.05, 0) is 61.2 Å². The number of halogens is 3. The molecule has 7 nitrogen and oxygen atoms in total. The maximum absolute atomic E-state index is 15.2. The number of carbonyl (C=O) groups excluding carboxylic acids is 1. The number of benzene rings is 1. The Bertz CT molecular complexity index is 1200. The zero-order valence-corrected chi connectivity index (χ0v) is 21.7. The number of piperazine rings is 1. The number of rotatable bonds is 11. The van der Waals surface area contributed by atoms with Gasteiger partial charge in [0.05, 0.1) is 12.4 Å². The second-order valence-electron chi connectivity index (χ2n) is 8.44. The fourth-order valence-electron chi connectivity index (χ4n) is 3.81. The molecule has 1 N–H and O–H groups in total. The fraction of sp³-hybridized carbons (Fsp3) is 0.308. The van der Waals surface area contributed by atoms with Crippen molar-refractivity contribution in [1.82, 2.24) is 19.3 Å². The standard InChI is InChI=1S/C26H27ClF2N6OS/c1-2-3-4-9-30-20-5-7-22(8-6-20)37-35-12-10-34(11-13-35)25-15-19(14-24(27)33-25)26(28,29)23-17-31-21(18-36)16-32-23/h2,5-8,14-18,30H,1,3-4,9-13H2. The van der Waals surface area contributed by atoms with Crippen LogP contribution in [0.15, 0.2) is 66.3 Å². The van der Waals surface area contributed by atoms with Crippen LogP contribution in [0.4, 0.5) is 20.3 Å². The fourth-order valence-corrected chi connectivity index (χ4v) is 4.91. The first kappa shape index (κ1) is 27.0. The van der Waals surface area contributed by atoms with E-state index in [1.807, 2.05) is 11.0 Å². The minimum absolute atomic E-state index is 0.0180. The normalized spacial score (nSPS) is 14.4. The lowest BCUT2D eigenvalue weighted by atomic mass is 10.1. The maximum atomic E-state index is 15.2. The summed E-state index contributed by atoms with van der Waals surface area (Å²) in [6, 6.07) is 10.8. The van der Waals surface area contributed by atoms with Gasteiger partial charge >= 0.3 is 5.92 Å². The predicted molar refractivity (Wildman–Crippen MR) is 144 cm³/mol. The molecule has 1 aliphatic rings. The Labute approximate surface area is 224 Å². The van der Waals surface area contributed by atoms with Gasteiger partial charge in [0, 0.05) is 48.9 Å². The van der Waals surface area contributed by atoms with Gasteiger partial charge in [-0.2, -0.15) is 8.78 Å². The number of unbranched alkanes of at least 4 members (excludes halogenated alkanes) is 1. The molecular formula is C26H27ClF2N6OS. The number of hydrogen-bond donors (Lipinski definition) is 1. The average molecular weight is 545 g/mol. The van der Waals surface area contributed by atoms with Crippen molar-refractivity contribution < 1.29 is 13.6 Å². The van der Waals surface area contributed by atoms with Gasteiger partial charge in [-0.1, -0.05) is 17.7 Å². The van der Waals surface area contributed by atoms with Crippen LogP contribution in [-0.2, 0) is 5.92 Å². The van der Waals surface area contributed by atoms with E-state index < -0.39 is 11.6 Å². The first-order valence-corrected chi connectivity index (χ1v) is 13.0. The number of nitrogens with one attached hydrogen (secondary N) is 1. The average Bonchev–Trinajstić information content (AvgIpc) is 2.92. The number of aldehydes is 1. The molecule has 4 rings (SSSR count). The van der Waals surface area contributed by atoms with Crippen molar-refractivity contribution in [2.45, 2.75) is 23.7 Å². The van der Waals surface area contributed by atoms with Gasteiger partial charge < -0.3 is 10.2 Å². The molecule has 1 aliphatic heterocycles. The first-order valence-electron chi connectivity index (χ1n) is 11.9. The second-order valence-corrected chi connectivity index (χ2v) is 10.0. The van der Waals surface area contributed by atoms with Crippen LogP contribution in [0.5, 0.6) is 0 Å². The number of pyridine rings is 1. The van der Waals surface area contributed by atoms with Crippen LogP contribution in [0.1, 0.15) is 34.6 Å². The Morgan fingerprint density at radius 1 is 1.11 bits per heavy atom. The van der Waals surface area contributed by atoms with Crippen molar-refractivity contribution in [2.75, 3.05) is 42.9 Å². The zero-order chi connectivity index (χ0) is 26.3. The first-order chi connectivity index (χ1) is 17.9. The largest absolute Gasteiger partial charge is 0.385 e. The molecular weight excluding hydrogens is 518 g/mol. The summed E-state index contributed by atoms with van der Waals surface area (Å²) in [6.07, 6.45) is 6.33. The molecule has 0 saturated carbocycles. The molecule has 37 heavy (non-hydrogen) atoms. The molecule has 2 aromatic heterocycles. The van der Waals surface area contributed by atoms with Gasteiger partial charge in [-0.25, -0.2) is 14.3 Å². The highest BCUT2D eigenvalue weighted by Gasteiger charge is 2.37. The third kappa shape index (κ3) is 7.03. The molecule has 0 radical (unpaired) electrons. The van der Waals surface area contributed by atoms with E-state index in [1.165, 1.54) is 6.07 Å². The molecule has 1 fully saturated rings. The van der Waals surface area contributed by atoms with Crippen molar-refractivity contribution in [2.24, 2.45) is 0 Å². The van der Waals surface area contributed by atoms with E-state index in [0.29, 0.717) is 25.2 Å². The van der Waals surface area contributed by atoms with Crippen LogP contribution < -0.4 is 10.2 Å². The molecule has 0 aliphatic carbocycles. The number of hydrogen-bond acceptors (Lipinski definition) is 8. The summed E-state index contributed by atoms with van der Waals surface area (Å²) < 4.78 is 32.6. The quantitative estimate of drug-likeness (QED) is 0.109. The predicted octanol–water partition coefficient (Wildman–Crippen LogP) is 5.69. The van der Waals surface area contributed by atoms with Gasteiger partial charge in [0.1, 0.15) is 22.4 Å². The summed E-state index contributed by atoms with van der Waals surface area (Å²) in [5, 5.41) is 3.37. The minimum Gasteiger partial charge on any atom is -0.385 e. The molecule has 0 unspecified atom stereocenters. The summed E-state index contributed by atoms with van der Waals surface area (Å²) in [6.45, 7) is 7.33. The van der Waals surface area contributed by atoms with Crippen molar-refractivity contribution in [1.29, 1.82) is 0 Å². The number of aromatic nitrogens is 3. The Morgan fingerprint density at radius 3 is 2.51 bits per heavy atom. The van der Waals surface area contributed by atoms with Crippen LogP contribution >= 0.6 is 23.5 Å². The van der Waals surface area contributed by atoms with E-state index in [2.05, 4.69) is 55.4 Å². The smallest absolute Gasteiger partial charge is 0.316 e. The minimum atomic E-state index is -3.44. The highest BCUT2D eigenvalue weighted by atomic mass is 35.5. The number of alkyl halides is 2. The summed E-state index contributed by atoms with van der Waals surface area (Å²) >= 11 is 7.80. The van der Waals surface area contributed by atoms with Crippen LogP contribution in [0.3, 0.4) is 0 Å². The summed E-state index contributed by atoms with van der Waals surface area (Å²) in [4.78, 5) is 25.5. The van der Waals surface area contributed by atoms with Crippen molar-refractivity contribution in [3.05, 3.63) is 83.6 Å². The lowest BCUT2D eigenvalue weighted by Gasteiger charge is -2.35. The van der Waals surface area contributed by atoms with Gasteiger partial charge in [0.15, 0.2) is 6.29 Å². The third-order valence-corrected chi connectivity index (χ3v) is 7.12. The van der Waals surface area contributed by atoms with E-state index >= 15 is 8.78 Å². The van der Waals surface area contributed by atoms with E-state index in [4.69, 9.17) is 11.6 Å². The van der Waals surface area contributed by atoms with E-state index in [9.17, 15) is 4.79 Å². The summed E-state index contributed by atoms with van der Waals surface area (Å²) in [5.74, 6) is -3.06. The zero-order valence-electron chi connectivity index (χ0n) is 20.1. The highest BCUT2D eigenvalue weighted by molar-refractivity contribution is 7.97. The molecule has 3 heterocycles. The van der Waals surface area contributed by atoms with Gasteiger partial charge in [0.2, 0.25) is 0 Å². The van der Waals surface area contributed by atoms with E-state index in [-0.39, 0.29) is 16.4 Å². The Hall–Kier alpha value is -3.08. The van der Waals surface area contributed by atoms with Gasteiger partial charge in [-0.15, -0.1) is 6.58 Å². The highest BCUT2D eigenvalue weighted by Crippen LogP contribution is 2.37. The Morgan fingerprint density at radius 2 is 1.86 bits per heavy atom. The van der Waals surface area contributed by atoms with E-state index in [0.717, 1.165) is 61.5 Å². The lowest BCUT2D eigenvalue weighted by Crippen LogP contribution is -2.43. The molecule has 11 heteroatoms. The number of nitrogens with zero attached hydrogens (tertiary/aromatic N) is 5. The van der Waals surface area contributed by atoms with E-state index in [1.54, 1.807) is 11.9 Å². The molecule has 3 aromatic rings. The molecule has 1 saturated heterocycles. The Kier molecular flexibility index (Phi) is 9.07. The maximum Gasteiger partial charge on any atom is 0.316 e. The number of carbonyl (C=O) groups is 1. The molecule has 0 amide bonds. The third-order valence-electron chi connectivity index (χ3n) is 5.82. The number of allylic oxidation sites excluding steroid dienone is 1. The summed E-state index contributed by atoms with van der Waals surface area (Å²) in [7, 11) is 0. The van der Waals surface area contributed by atoms with Crippen molar-refractivity contribution in [3.63, 3.8) is 0 Å².